The molecule has 1 rings (SSSR count). The van der Waals surface area contributed by atoms with Gasteiger partial charge in [0, 0.05) is 39.4 Å². The van der Waals surface area contributed by atoms with Gasteiger partial charge >= 0.3 is 0 Å². The number of unbranched alkanes of at least 4 members (excludes halogenated alkanes) is 3. The van der Waals surface area contributed by atoms with E-state index in [0.717, 1.165) is 32.6 Å². The minimum atomic E-state index is 0. The fourth-order valence-corrected chi connectivity index (χ4v) is 1.14. The molecule has 0 aromatic heterocycles. The highest BCUT2D eigenvalue weighted by atomic mass is 16.3. The highest BCUT2D eigenvalue weighted by Crippen LogP contribution is 1.96. The molecule has 1 heterocycles. The van der Waals surface area contributed by atoms with Crippen LogP contribution in [0.4, 0.5) is 0 Å². The molecule has 1 saturated heterocycles. The van der Waals surface area contributed by atoms with Crippen molar-refractivity contribution in [3.8, 4) is 0 Å². The smallest absolute Gasteiger partial charge is 0.0431 e. The Kier molecular flexibility index (Phi) is 32.2. The Hall–Kier alpha value is -0.200. The van der Waals surface area contributed by atoms with Crippen LogP contribution in [0.5, 0.6) is 0 Å². The third-order valence-corrected chi connectivity index (χ3v) is 1.97. The topological polar surface area (TPSA) is 96.0 Å². The van der Waals surface area contributed by atoms with E-state index in [-0.39, 0.29) is 12.1 Å². The van der Waals surface area contributed by atoms with Crippen LogP contribution in [0.15, 0.2) is 0 Å². The SMILES string of the molecule is C1CNCCN1.CCCCCCO.CCO.O. The summed E-state index contributed by atoms with van der Waals surface area (Å²) in [6.45, 7) is 9.01. The zero-order valence-corrected chi connectivity index (χ0v) is 11.5. The van der Waals surface area contributed by atoms with Crippen LogP contribution in [0.1, 0.15) is 39.5 Å². The van der Waals surface area contributed by atoms with E-state index >= 15 is 0 Å². The molecule has 5 nitrogen and oxygen atoms in total. The maximum absolute atomic E-state index is 8.29. The lowest BCUT2D eigenvalue weighted by molar-refractivity contribution is 0.283. The predicted molar refractivity (Wildman–Crippen MR) is 73.3 cm³/mol. The Morgan fingerprint density at radius 1 is 0.824 bits per heavy atom. The lowest BCUT2D eigenvalue weighted by Crippen LogP contribution is -2.39. The summed E-state index contributed by atoms with van der Waals surface area (Å²) in [5, 5.41) is 22.3. The summed E-state index contributed by atoms with van der Waals surface area (Å²) in [5.74, 6) is 0. The Labute approximate surface area is 106 Å². The molecule has 0 aliphatic carbocycles. The average molecular weight is 252 g/mol. The van der Waals surface area contributed by atoms with Gasteiger partial charge in [-0.15, -0.1) is 0 Å². The Morgan fingerprint density at radius 3 is 1.47 bits per heavy atom. The van der Waals surface area contributed by atoms with E-state index in [2.05, 4.69) is 17.6 Å². The monoisotopic (exact) mass is 252 g/mol. The van der Waals surface area contributed by atoms with Crippen LogP contribution in [0, 0.1) is 0 Å². The van der Waals surface area contributed by atoms with Gasteiger partial charge in [0.25, 0.3) is 0 Å². The van der Waals surface area contributed by atoms with Crippen LogP contribution in [0.2, 0.25) is 0 Å². The normalized spacial score (nSPS) is 13.4. The molecular weight excluding hydrogens is 220 g/mol. The van der Waals surface area contributed by atoms with Gasteiger partial charge in [-0.3, -0.25) is 0 Å². The summed E-state index contributed by atoms with van der Waals surface area (Å²) < 4.78 is 0. The first-order valence-electron chi connectivity index (χ1n) is 6.46. The van der Waals surface area contributed by atoms with E-state index in [0.29, 0.717) is 6.61 Å². The number of rotatable bonds is 4. The van der Waals surface area contributed by atoms with Crippen molar-refractivity contribution in [2.75, 3.05) is 39.4 Å². The fourth-order valence-electron chi connectivity index (χ4n) is 1.14. The predicted octanol–water partition coefficient (Wildman–Crippen LogP) is -0.0879. The zero-order valence-electron chi connectivity index (χ0n) is 11.5. The second-order valence-electron chi connectivity index (χ2n) is 3.60. The van der Waals surface area contributed by atoms with Gasteiger partial charge in [0.2, 0.25) is 0 Å². The molecule has 0 aromatic carbocycles. The maximum atomic E-state index is 8.29. The van der Waals surface area contributed by atoms with Crippen LogP contribution in [0.3, 0.4) is 0 Å². The van der Waals surface area contributed by atoms with E-state index in [1.807, 2.05) is 0 Å². The molecule has 0 unspecified atom stereocenters. The molecule has 1 aliphatic rings. The summed E-state index contributed by atoms with van der Waals surface area (Å²) >= 11 is 0. The summed E-state index contributed by atoms with van der Waals surface area (Å²) in [6, 6.07) is 0. The van der Waals surface area contributed by atoms with Gasteiger partial charge in [0.1, 0.15) is 0 Å². The molecule has 6 N–H and O–H groups in total. The number of piperazine rings is 1. The third-order valence-electron chi connectivity index (χ3n) is 1.97. The van der Waals surface area contributed by atoms with Crippen molar-refractivity contribution in [1.82, 2.24) is 10.6 Å². The molecule has 1 aliphatic heterocycles. The minimum Gasteiger partial charge on any atom is -0.412 e. The minimum absolute atomic E-state index is 0. The molecule has 0 saturated carbocycles. The summed E-state index contributed by atoms with van der Waals surface area (Å²) in [5.41, 5.74) is 0. The first-order chi connectivity index (χ1) is 7.83. The first-order valence-corrected chi connectivity index (χ1v) is 6.46. The number of aliphatic hydroxyl groups is 2. The van der Waals surface area contributed by atoms with Crippen molar-refractivity contribution >= 4 is 0 Å². The molecule has 0 bridgehead atoms. The van der Waals surface area contributed by atoms with E-state index in [1.54, 1.807) is 6.92 Å². The number of aliphatic hydroxyl groups excluding tert-OH is 2. The Balaban J connectivity index is -0.000000180. The van der Waals surface area contributed by atoms with Gasteiger partial charge in [-0.25, -0.2) is 0 Å². The Bertz CT molecular complexity index is 86.2. The molecule has 17 heavy (non-hydrogen) atoms. The summed E-state index contributed by atoms with van der Waals surface area (Å²) in [7, 11) is 0. The molecular formula is C12H32N2O3. The van der Waals surface area contributed by atoms with E-state index in [1.165, 1.54) is 19.3 Å². The second-order valence-corrected chi connectivity index (χ2v) is 3.60. The lowest BCUT2D eigenvalue weighted by atomic mass is 10.2. The molecule has 0 atom stereocenters. The van der Waals surface area contributed by atoms with Crippen molar-refractivity contribution in [1.29, 1.82) is 0 Å². The molecule has 0 spiro atoms. The van der Waals surface area contributed by atoms with E-state index < -0.39 is 0 Å². The van der Waals surface area contributed by atoms with Crippen LogP contribution < -0.4 is 10.6 Å². The molecule has 0 aromatic rings. The lowest BCUT2D eigenvalue weighted by Gasteiger charge is -2.11. The van der Waals surface area contributed by atoms with Crippen molar-refractivity contribution in [3.05, 3.63) is 0 Å². The van der Waals surface area contributed by atoms with Crippen LogP contribution in [-0.4, -0.2) is 55.1 Å². The van der Waals surface area contributed by atoms with Crippen LogP contribution in [0.25, 0.3) is 0 Å². The van der Waals surface area contributed by atoms with E-state index in [4.69, 9.17) is 10.2 Å². The fraction of sp³-hybridized carbons (Fsp3) is 1.00. The van der Waals surface area contributed by atoms with Gasteiger partial charge in [-0.05, 0) is 13.3 Å². The standard InChI is InChI=1S/C6H14O.C4H10N2.C2H6O.H2O/c1-2-3-4-5-6-7;1-2-6-4-3-5-1;1-2-3;/h7H,2-6H2,1H3;5-6H,1-4H2;3H,2H2,1H3;1H2. The summed E-state index contributed by atoms with van der Waals surface area (Å²) in [6.07, 6.45) is 4.68. The molecule has 5 heteroatoms. The molecule has 0 amide bonds. The molecule has 1 fully saturated rings. The number of hydrogen-bond donors (Lipinski definition) is 4. The van der Waals surface area contributed by atoms with Crippen molar-refractivity contribution in [2.45, 2.75) is 39.5 Å². The quantitative estimate of drug-likeness (QED) is 0.526. The van der Waals surface area contributed by atoms with Gasteiger partial charge in [0.15, 0.2) is 0 Å². The number of nitrogens with one attached hydrogen (secondary N) is 2. The highest BCUT2D eigenvalue weighted by Gasteiger charge is 1.91. The van der Waals surface area contributed by atoms with Crippen molar-refractivity contribution in [3.63, 3.8) is 0 Å². The summed E-state index contributed by atoms with van der Waals surface area (Å²) in [4.78, 5) is 0. The van der Waals surface area contributed by atoms with Crippen LogP contribution in [-0.2, 0) is 0 Å². The van der Waals surface area contributed by atoms with Crippen molar-refractivity contribution in [2.24, 2.45) is 0 Å². The first kappa shape index (κ1) is 22.0. The van der Waals surface area contributed by atoms with Crippen LogP contribution >= 0.6 is 0 Å². The Morgan fingerprint density at radius 2 is 1.24 bits per heavy atom. The second kappa shape index (κ2) is 24.9. The number of hydrogen-bond acceptors (Lipinski definition) is 4. The zero-order chi connectivity index (χ0) is 12.5. The van der Waals surface area contributed by atoms with Crippen molar-refractivity contribution < 1.29 is 15.7 Å². The van der Waals surface area contributed by atoms with E-state index in [9.17, 15) is 0 Å². The van der Waals surface area contributed by atoms with Gasteiger partial charge in [-0.2, -0.15) is 0 Å². The average Bonchev–Trinajstić information content (AvgIpc) is 2.34. The third kappa shape index (κ3) is 31.3. The molecule has 108 valence electrons. The highest BCUT2D eigenvalue weighted by molar-refractivity contribution is 4.59. The van der Waals surface area contributed by atoms with Gasteiger partial charge < -0.3 is 26.3 Å². The van der Waals surface area contributed by atoms with Gasteiger partial charge in [0.05, 0.1) is 0 Å². The maximum Gasteiger partial charge on any atom is 0.0431 e. The van der Waals surface area contributed by atoms with Gasteiger partial charge in [-0.1, -0.05) is 26.2 Å². The molecule has 0 radical (unpaired) electrons. The largest absolute Gasteiger partial charge is 0.412 e.